The molecule has 2 aromatic rings. The highest BCUT2D eigenvalue weighted by Gasteiger charge is 2.07. The minimum atomic E-state index is 0.361. The van der Waals surface area contributed by atoms with Gasteiger partial charge in [-0.2, -0.15) is 4.37 Å². The standard InChI is InChI=1S/C14H19N3OS/c1-4-18-9-11-5-7-12(8-6-11)15-14-16-13(10(2)3)17-19-14/h5-8,10H,4,9H2,1-3H3,(H,15,16,17). The number of anilines is 2. The molecule has 0 aliphatic carbocycles. The van der Waals surface area contributed by atoms with Crippen LogP contribution in [-0.4, -0.2) is 16.0 Å². The monoisotopic (exact) mass is 277 g/mol. The minimum Gasteiger partial charge on any atom is -0.377 e. The van der Waals surface area contributed by atoms with Crippen molar-refractivity contribution in [2.24, 2.45) is 0 Å². The number of hydrogen-bond acceptors (Lipinski definition) is 5. The first-order valence-electron chi connectivity index (χ1n) is 6.46. The van der Waals surface area contributed by atoms with E-state index in [1.165, 1.54) is 17.1 Å². The predicted molar refractivity (Wildman–Crippen MR) is 79.1 cm³/mol. The predicted octanol–water partition coefficient (Wildman–Crippen LogP) is 3.94. The maximum Gasteiger partial charge on any atom is 0.207 e. The average Bonchev–Trinajstić information content (AvgIpc) is 2.87. The van der Waals surface area contributed by atoms with Crippen LogP contribution in [0.4, 0.5) is 10.8 Å². The van der Waals surface area contributed by atoms with Crippen LogP contribution in [0.5, 0.6) is 0 Å². The molecule has 0 radical (unpaired) electrons. The third-order valence-corrected chi connectivity index (χ3v) is 3.28. The van der Waals surface area contributed by atoms with Crippen molar-refractivity contribution < 1.29 is 4.74 Å². The first-order valence-corrected chi connectivity index (χ1v) is 7.23. The first kappa shape index (κ1) is 14.0. The van der Waals surface area contributed by atoms with Gasteiger partial charge in [0.1, 0.15) is 5.82 Å². The van der Waals surface area contributed by atoms with Crippen molar-refractivity contribution in [2.75, 3.05) is 11.9 Å². The van der Waals surface area contributed by atoms with Crippen LogP contribution in [0, 0.1) is 0 Å². The number of nitrogens with zero attached hydrogens (tertiary/aromatic N) is 2. The lowest BCUT2D eigenvalue weighted by Gasteiger charge is -2.04. The third-order valence-electron chi connectivity index (χ3n) is 2.64. The Morgan fingerprint density at radius 3 is 2.58 bits per heavy atom. The highest BCUT2D eigenvalue weighted by molar-refractivity contribution is 7.09. The van der Waals surface area contributed by atoms with Gasteiger partial charge in [-0.1, -0.05) is 26.0 Å². The van der Waals surface area contributed by atoms with Crippen molar-refractivity contribution in [3.05, 3.63) is 35.7 Å². The summed E-state index contributed by atoms with van der Waals surface area (Å²) < 4.78 is 9.68. The number of benzene rings is 1. The normalized spacial score (nSPS) is 10.9. The molecule has 5 heteroatoms. The summed E-state index contributed by atoms with van der Waals surface area (Å²) in [5.74, 6) is 1.25. The Kier molecular flexibility index (Phi) is 4.87. The number of hydrogen-bond donors (Lipinski definition) is 1. The van der Waals surface area contributed by atoms with E-state index in [0.717, 1.165) is 23.3 Å². The zero-order valence-corrected chi connectivity index (χ0v) is 12.3. The van der Waals surface area contributed by atoms with Crippen LogP contribution in [-0.2, 0) is 11.3 Å². The molecule has 0 fully saturated rings. The molecule has 1 aromatic heterocycles. The van der Waals surface area contributed by atoms with Gasteiger partial charge in [0.15, 0.2) is 0 Å². The van der Waals surface area contributed by atoms with Gasteiger partial charge in [0.05, 0.1) is 6.61 Å². The summed E-state index contributed by atoms with van der Waals surface area (Å²) in [6.45, 7) is 7.58. The van der Waals surface area contributed by atoms with Gasteiger partial charge in [-0.25, -0.2) is 4.98 Å². The number of nitrogens with one attached hydrogen (secondary N) is 1. The fourth-order valence-corrected chi connectivity index (χ4v) is 2.28. The molecule has 0 amide bonds. The fraction of sp³-hybridized carbons (Fsp3) is 0.429. The van der Waals surface area contributed by atoms with Gasteiger partial charge in [-0.05, 0) is 24.6 Å². The second-order valence-electron chi connectivity index (χ2n) is 4.57. The van der Waals surface area contributed by atoms with Gasteiger partial charge in [0, 0.05) is 29.7 Å². The van der Waals surface area contributed by atoms with E-state index in [1.54, 1.807) is 0 Å². The smallest absolute Gasteiger partial charge is 0.207 e. The van der Waals surface area contributed by atoms with E-state index in [2.05, 4.69) is 40.7 Å². The van der Waals surface area contributed by atoms with Gasteiger partial charge in [0.25, 0.3) is 0 Å². The van der Waals surface area contributed by atoms with Gasteiger partial charge < -0.3 is 10.1 Å². The molecule has 1 aromatic carbocycles. The quantitative estimate of drug-likeness (QED) is 0.868. The molecule has 2 rings (SSSR count). The van der Waals surface area contributed by atoms with Crippen molar-refractivity contribution in [2.45, 2.75) is 33.3 Å². The molecule has 0 aliphatic rings. The Labute approximate surface area is 118 Å². The Bertz CT molecular complexity index is 508. The number of ether oxygens (including phenoxy) is 1. The second-order valence-corrected chi connectivity index (χ2v) is 5.32. The molecule has 0 saturated heterocycles. The molecule has 0 aliphatic heterocycles. The van der Waals surface area contributed by atoms with E-state index >= 15 is 0 Å². The van der Waals surface area contributed by atoms with Crippen molar-refractivity contribution in [1.82, 2.24) is 9.36 Å². The van der Waals surface area contributed by atoms with Crippen molar-refractivity contribution >= 4 is 22.4 Å². The molecular formula is C14H19N3OS. The molecule has 102 valence electrons. The zero-order chi connectivity index (χ0) is 13.7. The summed E-state index contributed by atoms with van der Waals surface area (Å²) in [4.78, 5) is 4.45. The van der Waals surface area contributed by atoms with Crippen LogP contribution >= 0.6 is 11.5 Å². The summed E-state index contributed by atoms with van der Waals surface area (Å²) in [7, 11) is 0. The van der Waals surface area contributed by atoms with Crippen LogP contribution in [0.1, 0.15) is 38.1 Å². The molecule has 4 nitrogen and oxygen atoms in total. The van der Waals surface area contributed by atoms with Crippen LogP contribution in [0.25, 0.3) is 0 Å². The third kappa shape index (κ3) is 4.01. The molecule has 1 heterocycles. The van der Waals surface area contributed by atoms with E-state index < -0.39 is 0 Å². The lowest BCUT2D eigenvalue weighted by Crippen LogP contribution is -1.94. The van der Waals surface area contributed by atoms with Crippen LogP contribution in [0.3, 0.4) is 0 Å². The highest BCUT2D eigenvalue weighted by atomic mass is 32.1. The maximum atomic E-state index is 5.37. The van der Waals surface area contributed by atoms with Gasteiger partial charge >= 0.3 is 0 Å². The van der Waals surface area contributed by atoms with Crippen LogP contribution in [0.2, 0.25) is 0 Å². The van der Waals surface area contributed by atoms with E-state index in [1.807, 2.05) is 19.1 Å². The van der Waals surface area contributed by atoms with E-state index in [-0.39, 0.29) is 0 Å². The van der Waals surface area contributed by atoms with Crippen molar-refractivity contribution in [3.8, 4) is 0 Å². The number of aromatic nitrogens is 2. The Hall–Kier alpha value is -1.46. The van der Waals surface area contributed by atoms with Gasteiger partial charge in [-0.15, -0.1) is 0 Å². The van der Waals surface area contributed by atoms with Gasteiger partial charge in [0.2, 0.25) is 5.13 Å². The lowest BCUT2D eigenvalue weighted by atomic mass is 10.2. The average molecular weight is 277 g/mol. The summed E-state index contributed by atoms with van der Waals surface area (Å²) in [5.41, 5.74) is 2.19. The molecule has 1 N–H and O–H groups in total. The molecule has 19 heavy (non-hydrogen) atoms. The summed E-state index contributed by atoms with van der Waals surface area (Å²) in [6.07, 6.45) is 0. The summed E-state index contributed by atoms with van der Waals surface area (Å²) in [6, 6.07) is 8.18. The summed E-state index contributed by atoms with van der Waals surface area (Å²) in [5, 5.41) is 4.10. The Balaban J connectivity index is 1.98. The molecule has 0 saturated carbocycles. The van der Waals surface area contributed by atoms with Crippen molar-refractivity contribution in [1.29, 1.82) is 0 Å². The topological polar surface area (TPSA) is 47.0 Å². The molecule has 0 spiro atoms. The fourth-order valence-electron chi connectivity index (χ4n) is 1.55. The van der Waals surface area contributed by atoms with Crippen molar-refractivity contribution in [3.63, 3.8) is 0 Å². The van der Waals surface area contributed by atoms with Crippen LogP contribution < -0.4 is 5.32 Å². The SMILES string of the molecule is CCOCc1ccc(Nc2nc(C(C)C)ns2)cc1. The van der Waals surface area contributed by atoms with Gasteiger partial charge in [-0.3, -0.25) is 0 Å². The second kappa shape index (κ2) is 6.63. The van der Waals surface area contributed by atoms with E-state index in [9.17, 15) is 0 Å². The Morgan fingerprint density at radius 2 is 2.00 bits per heavy atom. The van der Waals surface area contributed by atoms with E-state index in [4.69, 9.17) is 4.74 Å². The molecule has 0 atom stereocenters. The maximum absolute atomic E-state index is 5.37. The zero-order valence-electron chi connectivity index (χ0n) is 11.5. The molecule has 0 bridgehead atoms. The molecular weight excluding hydrogens is 258 g/mol. The highest BCUT2D eigenvalue weighted by Crippen LogP contribution is 2.21. The Morgan fingerprint density at radius 1 is 1.26 bits per heavy atom. The largest absolute Gasteiger partial charge is 0.377 e. The number of rotatable bonds is 6. The summed E-state index contributed by atoms with van der Waals surface area (Å²) >= 11 is 1.39. The molecule has 0 unspecified atom stereocenters. The van der Waals surface area contributed by atoms with Crippen LogP contribution in [0.15, 0.2) is 24.3 Å². The lowest BCUT2D eigenvalue weighted by molar-refractivity contribution is 0.134. The minimum absolute atomic E-state index is 0.361. The van der Waals surface area contributed by atoms with E-state index in [0.29, 0.717) is 12.5 Å². The first-order chi connectivity index (χ1) is 9.19.